The van der Waals surface area contributed by atoms with Crippen molar-refractivity contribution >= 4 is 0 Å². The number of hydrogen-bond acceptors (Lipinski definition) is 1. The molecule has 0 rings (SSSR count). The maximum atomic E-state index is 9.25. The van der Waals surface area contributed by atoms with Crippen LogP contribution >= 0.6 is 0 Å². The first-order chi connectivity index (χ1) is 4.63. The van der Waals surface area contributed by atoms with Crippen LogP contribution in [0.4, 0.5) is 0 Å². The number of aliphatic hydroxyl groups excluding tert-OH is 1. The highest BCUT2D eigenvalue weighted by Gasteiger charge is 2.17. The number of aliphatic hydroxyl groups is 1. The second-order valence-electron chi connectivity index (χ2n) is 3.18. The first kappa shape index (κ1) is 9.96. The summed E-state index contributed by atoms with van der Waals surface area (Å²) in [6.07, 6.45) is 2.22. The van der Waals surface area contributed by atoms with E-state index in [0.717, 1.165) is 0 Å². The molecule has 2 unspecified atom stereocenters. The average Bonchev–Trinajstić information content (AvgIpc) is 1.90. The molecule has 62 valence electrons. The van der Waals surface area contributed by atoms with Crippen molar-refractivity contribution in [3.8, 4) is 0 Å². The van der Waals surface area contributed by atoms with Crippen LogP contribution in [0, 0.1) is 11.8 Å². The zero-order valence-corrected chi connectivity index (χ0v) is 7.59. The van der Waals surface area contributed by atoms with Crippen LogP contribution < -0.4 is 0 Å². The molecule has 0 aromatic rings. The van der Waals surface area contributed by atoms with Gasteiger partial charge in [0.15, 0.2) is 0 Å². The van der Waals surface area contributed by atoms with Crippen LogP contribution in [0.2, 0.25) is 0 Å². The quantitative estimate of drug-likeness (QED) is 0.642. The fourth-order valence-corrected chi connectivity index (χ4v) is 1.43. The average molecular weight is 144 g/mol. The van der Waals surface area contributed by atoms with Crippen LogP contribution in [-0.4, -0.2) is 11.2 Å². The summed E-state index contributed by atoms with van der Waals surface area (Å²) < 4.78 is 0. The highest BCUT2D eigenvalue weighted by molar-refractivity contribution is 4.67. The summed E-state index contributed by atoms with van der Waals surface area (Å²) in [5.41, 5.74) is 0. The van der Waals surface area contributed by atoms with E-state index in [4.69, 9.17) is 0 Å². The Balaban J connectivity index is 3.76. The lowest BCUT2D eigenvalue weighted by Crippen LogP contribution is -2.21. The summed E-state index contributed by atoms with van der Waals surface area (Å²) in [5.74, 6) is 1.15. The molecule has 0 aromatic carbocycles. The number of hydrogen-bond donors (Lipinski definition) is 1. The summed E-state index contributed by atoms with van der Waals surface area (Å²) in [6, 6.07) is 0. The summed E-state index contributed by atoms with van der Waals surface area (Å²) in [7, 11) is 0. The van der Waals surface area contributed by atoms with Crippen molar-refractivity contribution in [2.75, 3.05) is 0 Å². The van der Waals surface area contributed by atoms with Gasteiger partial charge in [-0.3, -0.25) is 0 Å². The predicted octanol–water partition coefficient (Wildman–Crippen LogP) is 2.44. The zero-order valence-electron chi connectivity index (χ0n) is 7.59. The molecule has 0 heterocycles. The highest BCUT2D eigenvalue weighted by atomic mass is 16.3. The molecule has 0 radical (unpaired) electrons. The lowest BCUT2D eigenvalue weighted by molar-refractivity contribution is 0.0952. The second kappa shape index (κ2) is 4.73. The van der Waals surface area contributed by atoms with Crippen molar-refractivity contribution < 1.29 is 5.11 Å². The third-order valence-electron chi connectivity index (χ3n) is 2.55. The van der Waals surface area contributed by atoms with Crippen LogP contribution in [0.5, 0.6) is 0 Å². The van der Waals surface area contributed by atoms with Crippen LogP contribution in [0.25, 0.3) is 0 Å². The van der Waals surface area contributed by atoms with Gasteiger partial charge in [-0.2, -0.15) is 0 Å². The van der Waals surface area contributed by atoms with Crippen LogP contribution in [0.15, 0.2) is 0 Å². The topological polar surface area (TPSA) is 20.2 Å². The van der Waals surface area contributed by atoms with Gasteiger partial charge in [-0.25, -0.2) is 0 Å². The third kappa shape index (κ3) is 2.70. The Morgan fingerprint density at radius 3 is 1.60 bits per heavy atom. The van der Waals surface area contributed by atoms with E-state index in [2.05, 4.69) is 20.8 Å². The smallest absolute Gasteiger partial charge is 0.0540 e. The van der Waals surface area contributed by atoms with Crippen molar-refractivity contribution in [1.82, 2.24) is 0 Å². The maximum Gasteiger partial charge on any atom is 0.0540 e. The molecule has 0 saturated carbocycles. The van der Waals surface area contributed by atoms with E-state index in [1.54, 1.807) is 0 Å². The molecule has 1 N–H and O–H groups in total. The van der Waals surface area contributed by atoms with Crippen molar-refractivity contribution in [3.05, 3.63) is 0 Å². The lowest BCUT2D eigenvalue weighted by Gasteiger charge is -2.23. The van der Waals surface area contributed by atoms with E-state index in [0.29, 0.717) is 11.8 Å². The van der Waals surface area contributed by atoms with E-state index in [-0.39, 0.29) is 6.10 Å². The van der Waals surface area contributed by atoms with Gasteiger partial charge in [-0.05, 0) is 18.8 Å². The predicted molar refractivity (Wildman–Crippen MR) is 44.9 cm³/mol. The molecule has 1 heteroatoms. The molecule has 2 atom stereocenters. The molecule has 0 bridgehead atoms. The van der Waals surface area contributed by atoms with E-state index in [1.165, 1.54) is 12.8 Å². The van der Waals surface area contributed by atoms with E-state index in [9.17, 15) is 5.11 Å². The van der Waals surface area contributed by atoms with Gasteiger partial charge in [0, 0.05) is 0 Å². The van der Waals surface area contributed by atoms with Gasteiger partial charge in [0.2, 0.25) is 0 Å². The molecule has 1 nitrogen and oxygen atoms in total. The first-order valence-corrected chi connectivity index (χ1v) is 4.31. The minimum atomic E-state index is -0.148. The molecule has 0 aliphatic rings. The van der Waals surface area contributed by atoms with Crippen LogP contribution in [0.1, 0.15) is 40.5 Å². The van der Waals surface area contributed by atoms with Crippen molar-refractivity contribution in [3.63, 3.8) is 0 Å². The van der Waals surface area contributed by atoms with Crippen molar-refractivity contribution in [2.45, 2.75) is 46.6 Å². The van der Waals surface area contributed by atoms with Gasteiger partial charge >= 0.3 is 0 Å². The van der Waals surface area contributed by atoms with Crippen LogP contribution in [0.3, 0.4) is 0 Å². The Morgan fingerprint density at radius 2 is 1.50 bits per heavy atom. The van der Waals surface area contributed by atoms with Gasteiger partial charge in [-0.15, -0.1) is 0 Å². The standard InChI is InChI=1S/C9H20O/c1-5-9(6-2)7(3)8(4)10/h7-10H,5-6H2,1-4H3. The van der Waals surface area contributed by atoms with Gasteiger partial charge < -0.3 is 5.11 Å². The van der Waals surface area contributed by atoms with E-state index >= 15 is 0 Å². The zero-order chi connectivity index (χ0) is 8.15. The highest BCUT2D eigenvalue weighted by Crippen LogP contribution is 2.21. The molecule has 0 aliphatic carbocycles. The van der Waals surface area contributed by atoms with Gasteiger partial charge in [0.25, 0.3) is 0 Å². The second-order valence-corrected chi connectivity index (χ2v) is 3.18. The molecule has 0 saturated heterocycles. The van der Waals surface area contributed by atoms with E-state index < -0.39 is 0 Å². The first-order valence-electron chi connectivity index (χ1n) is 4.31. The molecule has 0 aromatic heterocycles. The Bertz CT molecular complexity index is 74.8. The van der Waals surface area contributed by atoms with E-state index in [1.807, 2.05) is 6.92 Å². The monoisotopic (exact) mass is 144 g/mol. The Hall–Kier alpha value is -0.0400. The summed E-state index contributed by atoms with van der Waals surface area (Å²) >= 11 is 0. The minimum absolute atomic E-state index is 0.148. The summed E-state index contributed by atoms with van der Waals surface area (Å²) in [6.45, 7) is 8.38. The van der Waals surface area contributed by atoms with Crippen molar-refractivity contribution in [2.24, 2.45) is 11.8 Å². The van der Waals surface area contributed by atoms with Gasteiger partial charge in [0.1, 0.15) is 0 Å². The van der Waals surface area contributed by atoms with Gasteiger partial charge in [0.05, 0.1) is 6.10 Å². The molecule has 0 amide bonds. The number of rotatable bonds is 4. The molecule has 0 fully saturated rings. The normalized spacial score (nSPS) is 17.4. The van der Waals surface area contributed by atoms with Crippen LogP contribution in [-0.2, 0) is 0 Å². The maximum absolute atomic E-state index is 9.25. The molecular formula is C9H20O. The molecule has 10 heavy (non-hydrogen) atoms. The largest absolute Gasteiger partial charge is 0.393 e. The fraction of sp³-hybridized carbons (Fsp3) is 1.00. The Morgan fingerprint density at radius 1 is 1.10 bits per heavy atom. The fourth-order valence-electron chi connectivity index (χ4n) is 1.43. The Labute approximate surface area is 64.5 Å². The summed E-state index contributed by atoms with van der Waals surface area (Å²) in [5, 5.41) is 9.25. The third-order valence-corrected chi connectivity index (χ3v) is 2.55. The SMILES string of the molecule is CCC(CC)C(C)C(C)O. The molecule has 0 spiro atoms. The van der Waals surface area contributed by atoms with Gasteiger partial charge in [-0.1, -0.05) is 33.6 Å². The summed E-state index contributed by atoms with van der Waals surface area (Å²) in [4.78, 5) is 0. The van der Waals surface area contributed by atoms with Crippen molar-refractivity contribution in [1.29, 1.82) is 0 Å². The Kier molecular flexibility index (Phi) is 4.71. The lowest BCUT2D eigenvalue weighted by atomic mass is 9.86. The minimum Gasteiger partial charge on any atom is -0.393 e. The molecule has 0 aliphatic heterocycles. The molecular weight excluding hydrogens is 124 g/mol.